The van der Waals surface area contributed by atoms with Crippen molar-refractivity contribution in [2.75, 3.05) is 0 Å². The van der Waals surface area contributed by atoms with Crippen LogP contribution in [0.2, 0.25) is 0 Å². The fourth-order valence-corrected chi connectivity index (χ4v) is 1.41. The highest BCUT2D eigenvalue weighted by Crippen LogP contribution is 2.06. The number of rotatable bonds is 5. The maximum atomic E-state index is 11.2. The Morgan fingerprint density at radius 3 is 2.29 bits per heavy atom. The molecule has 0 radical (unpaired) electrons. The van der Waals surface area contributed by atoms with E-state index in [4.69, 9.17) is 28.3 Å². The Hall–Kier alpha value is -1.26. The Bertz CT molecular complexity index is 395. The molecular formula is C11H11Cl2NO3. The van der Waals surface area contributed by atoms with Gasteiger partial charge in [0.25, 0.3) is 5.91 Å². The van der Waals surface area contributed by atoms with Gasteiger partial charge in [-0.2, -0.15) is 0 Å². The quantitative estimate of drug-likeness (QED) is 0.803. The molecule has 0 unspecified atom stereocenters. The summed E-state index contributed by atoms with van der Waals surface area (Å²) < 4.78 is 0. The van der Waals surface area contributed by atoms with Crippen LogP contribution in [0.15, 0.2) is 30.3 Å². The second-order valence-corrected chi connectivity index (χ2v) is 4.49. The average Bonchev–Trinajstić information content (AvgIpc) is 2.29. The van der Waals surface area contributed by atoms with Crippen molar-refractivity contribution in [3.8, 4) is 0 Å². The van der Waals surface area contributed by atoms with Gasteiger partial charge < -0.3 is 10.4 Å². The van der Waals surface area contributed by atoms with Crippen LogP contribution in [-0.2, 0) is 16.0 Å². The molecule has 0 aliphatic rings. The van der Waals surface area contributed by atoms with E-state index >= 15 is 0 Å². The van der Waals surface area contributed by atoms with Crippen LogP contribution in [0.1, 0.15) is 5.56 Å². The first-order valence-corrected chi connectivity index (χ1v) is 5.73. The number of benzene rings is 1. The predicted molar refractivity (Wildman–Crippen MR) is 65.2 cm³/mol. The summed E-state index contributed by atoms with van der Waals surface area (Å²) in [5, 5.41) is 11.2. The summed E-state index contributed by atoms with van der Waals surface area (Å²) in [7, 11) is 0. The normalized spacial score (nSPS) is 12.2. The highest BCUT2D eigenvalue weighted by molar-refractivity contribution is 6.53. The van der Waals surface area contributed by atoms with Crippen LogP contribution in [0.25, 0.3) is 0 Å². The lowest BCUT2D eigenvalue weighted by atomic mass is 10.1. The van der Waals surface area contributed by atoms with Gasteiger partial charge in [0.15, 0.2) is 4.84 Å². The van der Waals surface area contributed by atoms with E-state index in [0.29, 0.717) is 0 Å². The van der Waals surface area contributed by atoms with E-state index in [2.05, 4.69) is 5.32 Å². The zero-order valence-corrected chi connectivity index (χ0v) is 10.3. The van der Waals surface area contributed by atoms with E-state index in [1.807, 2.05) is 6.07 Å². The fourth-order valence-electron chi connectivity index (χ4n) is 1.28. The summed E-state index contributed by atoms with van der Waals surface area (Å²) in [6, 6.07) is 7.93. The van der Waals surface area contributed by atoms with E-state index in [-0.39, 0.29) is 6.42 Å². The van der Waals surface area contributed by atoms with Crippen molar-refractivity contribution in [3.63, 3.8) is 0 Å². The fraction of sp³-hybridized carbons (Fsp3) is 0.273. The number of amides is 1. The predicted octanol–water partition coefficient (Wildman–Crippen LogP) is 1.60. The van der Waals surface area contributed by atoms with Crippen LogP contribution in [0.4, 0.5) is 0 Å². The van der Waals surface area contributed by atoms with Gasteiger partial charge in [0.2, 0.25) is 0 Å². The standard InChI is InChI=1S/C11H11Cl2NO3/c12-9(13)10(15)14-8(11(16)17)6-7-4-2-1-3-5-7/h1-5,8-9H,6H2,(H,14,15)(H,16,17)/t8-/m0/s1. The molecule has 17 heavy (non-hydrogen) atoms. The molecule has 0 saturated carbocycles. The average molecular weight is 276 g/mol. The van der Waals surface area contributed by atoms with Crippen molar-refractivity contribution >= 4 is 35.1 Å². The number of hydrogen-bond donors (Lipinski definition) is 2. The largest absolute Gasteiger partial charge is 0.480 e. The third-order valence-electron chi connectivity index (χ3n) is 2.10. The lowest BCUT2D eigenvalue weighted by Crippen LogP contribution is -2.44. The third kappa shape index (κ3) is 4.63. The molecule has 0 spiro atoms. The van der Waals surface area contributed by atoms with Gasteiger partial charge in [-0.15, -0.1) is 0 Å². The number of carbonyl (C=O) groups is 2. The van der Waals surface area contributed by atoms with Gasteiger partial charge in [-0.3, -0.25) is 4.79 Å². The van der Waals surface area contributed by atoms with E-state index in [1.54, 1.807) is 24.3 Å². The number of hydrogen-bond acceptors (Lipinski definition) is 2. The van der Waals surface area contributed by atoms with Crippen LogP contribution in [-0.4, -0.2) is 27.9 Å². The molecule has 0 saturated heterocycles. The topological polar surface area (TPSA) is 66.4 Å². The molecule has 0 bridgehead atoms. The molecule has 2 N–H and O–H groups in total. The molecule has 0 aliphatic heterocycles. The van der Waals surface area contributed by atoms with Gasteiger partial charge >= 0.3 is 5.97 Å². The van der Waals surface area contributed by atoms with E-state index in [0.717, 1.165) is 5.56 Å². The number of halogens is 2. The Kier molecular flexibility index (Phi) is 5.25. The summed E-state index contributed by atoms with van der Waals surface area (Å²) >= 11 is 10.7. The molecule has 92 valence electrons. The van der Waals surface area contributed by atoms with E-state index in [1.165, 1.54) is 0 Å². The molecule has 1 aromatic rings. The SMILES string of the molecule is O=C(N[C@@H](Cc1ccccc1)C(=O)O)C(Cl)Cl. The van der Waals surface area contributed by atoms with Gasteiger partial charge in [-0.25, -0.2) is 4.79 Å². The molecule has 1 atom stereocenters. The maximum Gasteiger partial charge on any atom is 0.326 e. The second-order valence-electron chi connectivity index (χ2n) is 3.39. The molecule has 0 aromatic heterocycles. The number of carboxylic acids is 1. The zero-order chi connectivity index (χ0) is 12.8. The number of aliphatic carboxylic acids is 1. The molecule has 0 aliphatic carbocycles. The Balaban J connectivity index is 2.68. The van der Waals surface area contributed by atoms with E-state index < -0.39 is 22.8 Å². The first-order chi connectivity index (χ1) is 8.00. The van der Waals surface area contributed by atoms with Crippen LogP contribution < -0.4 is 5.32 Å². The van der Waals surface area contributed by atoms with Crippen molar-refractivity contribution < 1.29 is 14.7 Å². The molecule has 1 rings (SSSR count). The molecular weight excluding hydrogens is 265 g/mol. The van der Waals surface area contributed by atoms with Gasteiger partial charge in [-0.1, -0.05) is 53.5 Å². The molecule has 1 aromatic carbocycles. The summed E-state index contributed by atoms with van der Waals surface area (Å²) in [4.78, 5) is 20.9. The lowest BCUT2D eigenvalue weighted by Gasteiger charge is -2.14. The monoisotopic (exact) mass is 275 g/mol. The van der Waals surface area contributed by atoms with Crippen LogP contribution in [0.3, 0.4) is 0 Å². The van der Waals surface area contributed by atoms with Crippen molar-refractivity contribution in [2.24, 2.45) is 0 Å². The number of carboxylic acid groups (broad SMARTS) is 1. The van der Waals surface area contributed by atoms with E-state index in [9.17, 15) is 9.59 Å². The van der Waals surface area contributed by atoms with Crippen molar-refractivity contribution in [2.45, 2.75) is 17.3 Å². The zero-order valence-electron chi connectivity index (χ0n) is 8.77. The number of nitrogens with one attached hydrogen (secondary N) is 1. The smallest absolute Gasteiger partial charge is 0.326 e. The third-order valence-corrected chi connectivity index (χ3v) is 2.49. The van der Waals surface area contributed by atoms with Crippen molar-refractivity contribution in [1.29, 1.82) is 0 Å². The molecule has 4 nitrogen and oxygen atoms in total. The van der Waals surface area contributed by atoms with Gasteiger partial charge in [-0.05, 0) is 5.56 Å². The van der Waals surface area contributed by atoms with Gasteiger partial charge in [0.1, 0.15) is 6.04 Å². The number of alkyl halides is 2. The van der Waals surface area contributed by atoms with Crippen LogP contribution in [0.5, 0.6) is 0 Å². The summed E-state index contributed by atoms with van der Waals surface area (Å²) in [5.74, 6) is -1.84. The summed E-state index contributed by atoms with van der Waals surface area (Å²) in [5.41, 5.74) is 0.806. The Morgan fingerprint density at radius 1 is 1.24 bits per heavy atom. The van der Waals surface area contributed by atoms with Gasteiger partial charge in [0.05, 0.1) is 0 Å². The van der Waals surface area contributed by atoms with Crippen LogP contribution >= 0.6 is 23.2 Å². The highest BCUT2D eigenvalue weighted by Gasteiger charge is 2.22. The first kappa shape index (κ1) is 13.8. The lowest BCUT2D eigenvalue weighted by molar-refractivity contribution is -0.141. The summed E-state index contributed by atoms with van der Waals surface area (Å²) in [6.07, 6.45) is 0.183. The van der Waals surface area contributed by atoms with Gasteiger partial charge in [0, 0.05) is 6.42 Å². The highest BCUT2D eigenvalue weighted by atomic mass is 35.5. The molecule has 1 amide bonds. The summed E-state index contributed by atoms with van der Waals surface area (Å²) in [6.45, 7) is 0. The molecule has 0 fully saturated rings. The first-order valence-electron chi connectivity index (χ1n) is 4.86. The minimum absolute atomic E-state index is 0.183. The second kappa shape index (κ2) is 6.47. The minimum Gasteiger partial charge on any atom is -0.480 e. The van der Waals surface area contributed by atoms with Crippen molar-refractivity contribution in [1.82, 2.24) is 5.32 Å². The Labute approximate surface area is 109 Å². The maximum absolute atomic E-state index is 11.2. The molecule has 0 heterocycles. The minimum atomic E-state index is -1.27. The Morgan fingerprint density at radius 2 is 1.82 bits per heavy atom. The van der Waals surface area contributed by atoms with Crippen LogP contribution in [0, 0.1) is 0 Å². The number of carbonyl (C=O) groups excluding carboxylic acids is 1. The molecule has 6 heteroatoms. The van der Waals surface area contributed by atoms with Crippen molar-refractivity contribution in [3.05, 3.63) is 35.9 Å².